The molecule has 1 unspecified atom stereocenters. The van der Waals surface area contributed by atoms with Gasteiger partial charge in [-0.15, -0.1) is 0 Å². The molecule has 106 valence electrons. The van der Waals surface area contributed by atoms with E-state index in [1.807, 2.05) is 6.92 Å². The number of alkyl halides is 4. The number of amides is 1. The first-order valence-electron chi connectivity index (χ1n) is 5.39. The predicted molar refractivity (Wildman–Crippen MR) is 74.5 cm³/mol. The van der Waals surface area contributed by atoms with Crippen LogP contribution in [0.15, 0.2) is 22.7 Å². The highest BCUT2D eigenvalue weighted by atomic mass is 79.9. The Morgan fingerprint density at radius 2 is 2.00 bits per heavy atom. The normalized spacial score (nSPS) is 13.2. The predicted octanol–water partition coefficient (Wildman–Crippen LogP) is 4.32. The Labute approximate surface area is 126 Å². The van der Waals surface area contributed by atoms with Gasteiger partial charge in [-0.05, 0) is 34.1 Å². The summed E-state index contributed by atoms with van der Waals surface area (Å²) in [5.74, 6) is -0.454. The number of nitrogens with zero attached hydrogens (tertiary/aromatic N) is 1. The summed E-state index contributed by atoms with van der Waals surface area (Å²) >= 11 is 6.40. The molecule has 1 atom stereocenters. The zero-order chi connectivity index (χ0) is 14.8. The molecule has 0 aromatic heterocycles. The molecule has 7 heteroatoms. The van der Waals surface area contributed by atoms with Crippen molar-refractivity contribution in [3.63, 3.8) is 0 Å². The molecule has 0 saturated carbocycles. The second-order valence-electron chi connectivity index (χ2n) is 4.16. The molecule has 2 nitrogen and oxygen atoms in total. The van der Waals surface area contributed by atoms with Gasteiger partial charge in [0.05, 0.1) is 11.1 Å². The molecule has 0 N–H and O–H groups in total. The van der Waals surface area contributed by atoms with Crippen molar-refractivity contribution < 1.29 is 18.0 Å². The van der Waals surface area contributed by atoms with Gasteiger partial charge < -0.3 is 4.90 Å². The van der Waals surface area contributed by atoms with Crippen molar-refractivity contribution in [2.75, 3.05) is 13.6 Å². The largest absolute Gasteiger partial charge is 0.416 e. The van der Waals surface area contributed by atoms with Gasteiger partial charge in [0, 0.05) is 22.9 Å². The first-order chi connectivity index (χ1) is 8.62. The first kappa shape index (κ1) is 16.5. The number of hydrogen-bond donors (Lipinski definition) is 0. The third-order valence-electron chi connectivity index (χ3n) is 2.40. The van der Waals surface area contributed by atoms with Gasteiger partial charge in [0.15, 0.2) is 0 Å². The van der Waals surface area contributed by atoms with E-state index in [1.54, 1.807) is 7.05 Å². The van der Waals surface area contributed by atoms with E-state index in [-0.39, 0.29) is 10.4 Å². The number of carbonyl (C=O) groups is 1. The van der Waals surface area contributed by atoms with Crippen molar-refractivity contribution in [2.24, 2.45) is 0 Å². The molecule has 0 fully saturated rings. The summed E-state index contributed by atoms with van der Waals surface area (Å²) in [6.07, 6.45) is -4.46. The van der Waals surface area contributed by atoms with Crippen LogP contribution in [0.3, 0.4) is 0 Å². The van der Waals surface area contributed by atoms with Crippen LogP contribution in [-0.2, 0) is 6.18 Å². The van der Waals surface area contributed by atoms with Crippen LogP contribution in [-0.4, -0.2) is 29.2 Å². The molecule has 0 aliphatic rings. The topological polar surface area (TPSA) is 20.3 Å². The van der Waals surface area contributed by atoms with E-state index in [0.717, 1.165) is 12.1 Å². The standard InChI is InChI=1S/C12H12Br2F3NO/c1-7(13)6-18(2)11(19)9-5-8(12(15,16)17)3-4-10(9)14/h3-5,7H,6H2,1-2H3. The highest BCUT2D eigenvalue weighted by molar-refractivity contribution is 9.10. The quantitative estimate of drug-likeness (QED) is 0.689. The van der Waals surface area contributed by atoms with E-state index >= 15 is 0 Å². The highest BCUT2D eigenvalue weighted by Crippen LogP contribution is 2.32. The monoisotopic (exact) mass is 401 g/mol. The van der Waals surface area contributed by atoms with Crippen molar-refractivity contribution in [2.45, 2.75) is 17.9 Å². The minimum atomic E-state index is -4.46. The van der Waals surface area contributed by atoms with E-state index in [9.17, 15) is 18.0 Å². The van der Waals surface area contributed by atoms with Crippen LogP contribution in [0.4, 0.5) is 13.2 Å². The minimum Gasteiger partial charge on any atom is -0.341 e. The molecule has 1 amide bonds. The zero-order valence-electron chi connectivity index (χ0n) is 10.3. The van der Waals surface area contributed by atoms with E-state index in [4.69, 9.17) is 0 Å². The van der Waals surface area contributed by atoms with Gasteiger partial charge in [-0.25, -0.2) is 0 Å². The van der Waals surface area contributed by atoms with Crippen molar-refractivity contribution in [3.05, 3.63) is 33.8 Å². The molecule has 0 aliphatic carbocycles. The molecule has 1 aromatic carbocycles. The summed E-state index contributed by atoms with van der Waals surface area (Å²) in [6, 6.07) is 3.04. The van der Waals surface area contributed by atoms with Crippen LogP contribution in [0.1, 0.15) is 22.8 Å². The van der Waals surface area contributed by atoms with Gasteiger partial charge in [0.25, 0.3) is 5.91 Å². The Kier molecular flexibility index (Phi) is 5.43. The Bertz CT molecular complexity index is 475. The second-order valence-corrected chi connectivity index (χ2v) is 6.58. The fourth-order valence-electron chi connectivity index (χ4n) is 1.53. The average Bonchev–Trinajstić information content (AvgIpc) is 2.26. The van der Waals surface area contributed by atoms with Gasteiger partial charge >= 0.3 is 6.18 Å². The Morgan fingerprint density at radius 3 is 2.47 bits per heavy atom. The summed E-state index contributed by atoms with van der Waals surface area (Å²) < 4.78 is 38.2. The molecule has 0 radical (unpaired) electrons. The van der Waals surface area contributed by atoms with E-state index in [2.05, 4.69) is 31.9 Å². The second kappa shape index (κ2) is 6.26. The first-order valence-corrected chi connectivity index (χ1v) is 7.10. The maximum Gasteiger partial charge on any atom is 0.416 e. The molecular weight excluding hydrogens is 391 g/mol. The SMILES string of the molecule is CC(Br)CN(C)C(=O)c1cc(C(F)(F)F)ccc1Br. The van der Waals surface area contributed by atoms with Crippen molar-refractivity contribution in [1.29, 1.82) is 0 Å². The number of halogens is 5. The molecule has 0 spiro atoms. The third kappa shape index (κ3) is 4.49. The Balaban J connectivity index is 3.09. The van der Waals surface area contributed by atoms with Gasteiger partial charge in [-0.3, -0.25) is 4.79 Å². The molecule has 1 rings (SSSR count). The summed E-state index contributed by atoms with van der Waals surface area (Å²) in [5, 5.41) is 0. The van der Waals surface area contributed by atoms with Crippen LogP contribution < -0.4 is 0 Å². The van der Waals surface area contributed by atoms with Crippen LogP contribution in [0.2, 0.25) is 0 Å². The average molecular weight is 403 g/mol. The molecule has 1 aromatic rings. The van der Waals surface area contributed by atoms with Crippen LogP contribution in [0.5, 0.6) is 0 Å². The zero-order valence-corrected chi connectivity index (χ0v) is 13.4. The van der Waals surface area contributed by atoms with Gasteiger partial charge in [-0.2, -0.15) is 13.2 Å². The molecule has 0 bridgehead atoms. The lowest BCUT2D eigenvalue weighted by atomic mass is 10.1. The van der Waals surface area contributed by atoms with E-state index in [1.165, 1.54) is 11.0 Å². The van der Waals surface area contributed by atoms with Crippen molar-refractivity contribution >= 4 is 37.8 Å². The molecule has 0 saturated heterocycles. The molecule has 0 heterocycles. The van der Waals surface area contributed by atoms with Crippen LogP contribution in [0.25, 0.3) is 0 Å². The van der Waals surface area contributed by atoms with Crippen molar-refractivity contribution in [1.82, 2.24) is 4.90 Å². The molecule has 0 aliphatic heterocycles. The highest BCUT2D eigenvalue weighted by Gasteiger charge is 2.32. The molecular formula is C12H12Br2F3NO. The lowest BCUT2D eigenvalue weighted by Crippen LogP contribution is -2.31. The fourth-order valence-corrected chi connectivity index (χ4v) is 2.38. The fraction of sp³-hybridized carbons (Fsp3) is 0.417. The molecule has 19 heavy (non-hydrogen) atoms. The number of hydrogen-bond acceptors (Lipinski definition) is 1. The summed E-state index contributed by atoms with van der Waals surface area (Å²) in [7, 11) is 1.55. The smallest absolute Gasteiger partial charge is 0.341 e. The van der Waals surface area contributed by atoms with Gasteiger partial charge in [0.2, 0.25) is 0 Å². The Hall–Kier alpha value is -0.560. The number of rotatable bonds is 3. The number of benzene rings is 1. The van der Waals surface area contributed by atoms with Crippen LogP contribution >= 0.6 is 31.9 Å². The lowest BCUT2D eigenvalue weighted by Gasteiger charge is -2.20. The van der Waals surface area contributed by atoms with Gasteiger partial charge in [-0.1, -0.05) is 22.9 Å². The van der Waals surface area contributed by atoms with E-state index < -0.39 is 17.6 Å². The van der Waals surface area contributed by atoms with Crippen LogP contribution in [0, 0.1) is 0 Å². The number of carbonyl (C=O) groups excluding carboxylic acids is 1. The van der Waals surface area contributed by atoms with Gasteiger partial charge in [0.1, 0.15) is 0 Å². The maximum absolute atomic E-state index is 12.6. The summed E-state index contributed by atoms with van der Waals surface area (Å²) in [5.41, 5.74) is -0.829. The van der Waals surface area contributed by atoms with E-state index in [0.29, 0.717) is 11.0 Å². The minimum absolute atomic E-state index is 0.00507. The Morgan fingerprint density at radius 1 is 1.42 bits per heavy atom. The lowest BCUT2D eigenvalue weighted by molar-refractivity contribution is -0.137. The summed E-state index contributed by atoms with van der Waals surface area (Å²) in [6.45, 7) is 2.26. The third-order valence-corrected chi connectivity index (χ3v) is 3.38. The maximum atomic E-state index is 12.6. The van der Waals surface area contributed by atoms with Crippen molar-refractivity contribution in [3.8, 4) is 0 Å². The summed E-state index contributed by atoms with van der Waals surface area (Å²) in [4.78, 5) is 13.5.